The highest BCUT2D eigenvalue weighted by atomic mass is 16.2. The zero-order chi connectivity index (χ0) is 17.1. The fourth-order valence-electron chi connectivity index (χ4n) is 6.31. The van der Waals surface area contributed by atoms with Crippen LogP contribution in [0.1, 0.15) is 71.3 Å². The molecule has 24 heavy (non-hydrogen) atoms. The monoisotopic (exact) mass is 325 g/mol. The van der Waals surface area contributed by atoms with Crippen LogP contribution in [0.4, 0.5) is 5.69 Å². The zero-order valence-electron chi connectivity index (χ0n) is 15.6. The summed E-state index contributed by atoms with van der Waals surface area (Å²) in [5.41, 5.74) is 2.41. The molecular formula is C22H31NO. The van der Waals surface area contributed by atoms with Gasteiger partial charge >= 0.3 is 0 Å². The van der Waals surface area contributed by atoms with E-state index >= 15 is 0 Å². The van der Waals surface area contributed by atoms with Crippen molar-refractivity contribution in [2.24, 2.45) is 23.2 Å². The van der Waals surface area contributed by atoms with E-state index in [4.69, 9.17) is 0 Å². The minimum absolute atomic E-state index is 0.106. The predicted octanol–water partition coefficient (Wildman–Crippen LogP) is 5.38. The molecule has 6 atom stereocenters. The fraction of sp³-hybridized carbons (Fsp3) is 0.682. The van der Waals surface area contributed by atoms with Gasteiger partial charge in [-0.25, -0.2) is 0 Å². The number of amides is 1. The maximum atomic E-state index is 13.9. The summed E-state index contributed by atoms with van der Waals surface area (Å²) in [4.78, 5) is 16.0. The summed E-state index contributed by atoms with van der Waals surface area (Å²) in [5, 5.41) is 0. The molecule has 4 rings (SSSR count). The molecular weight excluding hydrogens is 294 g/mol. The average Bonchev–Trinajstić information content (AvgIpc) is 2.77. The van der Waals surface area contributed by atoms with E-state index in [1.165, 1.54) is 24.1 Å². The van der Waals surface area contributed by atoms with Crippen molar-refractivity contribution in [1.82, 2.24) is 0 Å². The van der Waals surface area contributed by atoms with E-state index in [-0.39, 0.29) is 11.5 Å². The smallest absolute Gasteiger partial charge is 0.233 e. The highest BCUT2D eigenvalue weighted by Crippen LogP contribution is 2.55. The average molecular weight is 325 g/mol. The maximum absolute atomic E-state index is 13.9. The topological polar surface area (TPSA) is 20.3 Å². The molecule has 1 aromatic carbocycles. The number of carbonyl (C=O) groups excluding carboxylic acids is 1. The molecule has 3 aliphatic rings. The SMILES string of the molecule is CC1c2ccccc2N(C(=O)C23C[C@H](C)C[C@H](C[C@H](C)C2)C3)C1C. The van der Waals surface area contributed by atoms with Gasteiger partial charge in [-0.15, -0.1) is 0 Å². The van der Waals surface area contributed by atoms with Gasteiger partial charge < -0.3 is 4.90 Å². The lowest BCUT2D eigenvalue weighted by Crippen LogP contribution is -2.52. The van der Waals surface area contributed by atoms with Crippen molar-refractivity contribution in [2.45, 2.75) is 71.8 Å². The van der Waals surface area contributed by atoms with Crippen molar-refractivity contribution in [3.8, 4) is 0 Å². The van der Waals surface area contributed by atoms with Gasteiger partial charge in [0.1, 0.15) is 0 Å². The van der Waals surface area contributed by atoms with E-state index in [2.05, 4.69) is 56.9 Å². The Labute approximate surface area is 146 Å². The number of hydrogen-bond acceptors (Lipinski definition) is 1. The van der Waals surface area contributed by atoms with E-state index in [0.717, 1.165) is 25.2 Å². The molecule has 1 amide bonds. The van der Waals surface area contributed by atoms with Gasteiger partial charge in [0, 0.05) is 17.6 Å². The number of rotatable bonds is 1. The molecule has 2 fully saturated rings. The zero-order valence-corrected chi connectivity index (χ0v) is 15.6. The van der Waals surface area contributed by atoms with Gasteiger partial charge in [0.25, 0.3) is 0 Å². The third kappa shape index (κ3) is 2.33. The molecule has 1 aromatic rings. The van der Waals surface area contributed by atoms with E-state index in [0.29, 0.717) is 23.7 Å². The van der Waals surface area contributed by atoms with Crippen LogP contribution in [0.2, 0.25) is 0 Å². The first-order chi connectivity index (χ1) is 11.4. The first-order valence-corrected chi connectivity index (χ1v) is 9.84. The van der Waals surface area contributed by atoms with Gasteiger partial charge in [-0.05, 0) is 68.4 Å². The molecule has 1 aliphatic heterocycles. The van der Waals surface area contributed by atoms with Gasteiger partial charge in [-0.2, -0.15) is 0 Å². The fourth-order valence-corrected chi connectivity index (χ4v) is 6.31. The van der Waals surface area contributed by atoms with Crippen LogP contribution in [0.25, 0.3) is 0 Å². The molecule has 2 saturated carbocycles. The van der Waals surface area contributed by atoms with Gasteiger partial charge in [0.15, 0.2) is 0 Å². The van der Waals surface area contributed by atoms with Crippen molar-refractivity contribution in [3.63, 3.8) is 0 Å². The Bertz CT molecular complexity index is 632. The first-order valence-electron chi connectivity index (χ1n) is 9.84. The predicted molar refractivity (Wildman–Crippen MR) is 99.1 cm³/mol. The normalized spacial score (nSPS) is 41.2. The molecule has 130 valence electrons. The molecule has 0 aromatic heterocycles. The number of anilines is 1. The Kier molecular flexibility index (Phi) is 3.78. The molecule has 0 saturated heterocycles. The molecule has 3 unspecified atom stereocenters. The van der Waals surface area contributed by atoms with Crippen LogP contribution in [0, 0.1) is 23.2 Å². The molecule has 2 heteroatoms. The van der Waals surface area contributed by atoms with Crippen molar-refractivity contribution >= 4 is 11.6 Å². The second-order valence-corrected chi connectivity index (χ2v) is 9.20. The summed E-state index contributed by atoms with van der Waals surface area (Å²) in [6.07, 6.45) is 5.95. The van der Waals surface area contributed by atoms with E-state index in [9.17, 15) is 4.79 Å². The minimum Gasteiger partial charge on any atom is -0.308 e. The molecule has 0 radical (unpaired) electrons. The van der Waals surface area contributed by atoms with Crippen LogP contribution < -0.4 is 4.90 Å². The molecule has 2 aliphatic carbocycles. The van der Waals surface area contributed by atoms with Crippen molar-refractivity contribution in [3.05, 3.63) is 29.8 Å². The molecule has 0 N–H and O–H groups in total. The second-order valence-electron chi connectivity index (χ2n) is 9.20. The molecule has 1 heterocycles. The maximum Gasteiger partial charge on any atom is 0.233 e. The molecule has 2 nitrogen and oxygen atoms in total. The summed E-state index contributed by atoms with van der Waals surface area (Å²) < 4.78 is 0. The Balaban J connectivity index is 1.72. The van der Waals surface area contributed by atoms with Crippen molar-refractivity contribution in [1.29, 1.82) is 0 Å². The van der Waals surface area contributed by atoms with E-state index in [1.807, 2.05) is 0 Å². The number of para-hydroxylation sites is 1. The minimum atomic E-state index is -0.106. The van der Waals surface area contributed by atoms with Crippen LogP contribution in [-0.2, 0) is 4.79 Å². The third-order valence-corrected chi connectivity index (χ3v) is 7.12. The number of benzene rings is 1. The van der Waals surface area contributed by atoms with Crippen LogP contribution in [0.3, 0.4) is 0 Å². The first kappa shape index (κ1) is 16.2. The number of hydrogen-bond donors (Lipinski definition) is 0. The number of nitrogens with zero attached hydrogens (tertiary/aromatic N) is 1. The summed E-state index contributed by atoms with van der Waals surface area (Å²) in [7, 11) is 0. The van der Waals surface area contributed by atoms with Gasteiger partial charge in [-0.3, -0.25) is 4.79 Å². The highest BCUT2D eigenvalue weighted by molar-refractivity contribution is 6.00. The summed E-state index contributed by atoms with van der Waals surface area (Å²) >= 11 is 0. The van der Waals surface area contributed by atoms with Crippen LogP contribution in [0.5, 0.6) is 0 Å². The third-order valence-electron chi connectivity index (χ3n) is 7.12. The van der Waals surface area contributed by atoms with Gasteiger partial charge in [-0.1, -0.05) is 39.0 Å². The Morgan fingerprint density at radius 2 is 1.62 bits per heavy atom. The largest absolute Gasteiger partial charge is 0.308 e. The lowest BCUT2D eigenvalue weighted by Gasteiger charge is -2.50. The summed E-state index contributed by atoms with van der Waals surface area (Å²) in [5.74, 6) is 2.98. The van der Waals surface area contributed by atoms with Crippen LogP contribution in [0.15, 0.2) is 24.3 Å². The molecule has 0 spiro atoms. The second kappa shape index (κ2) is 5.61. The Morgan fingerprint density at radius 3 is 2.29 bits per heavy atom. The van der Waals surface area contributed by atoms with Gasteiger partial charge in [0.2, 0.25) is 5.91 Å². The molecule has 2 bridgehead atoms. The Morgan fingerprint density at radius 1 is 1.00 bits per heavy atom. The van der Waals surface area contributed by atoms with E-state index in [1.54, 1.807) is 0 Å². The van der Waals surface area contributed by atoms with Gasteiger partial charge in [0.05, 0.1) is 5.41 Å². The lowest BCUT2D eigenvalue weighted by atomic mass is 9.56. The lowest BCUT2D eigenvalue weighted by molar-refractivity contribution is -0.137. The quantitative estimate of drug-likeness (QED) is 0.679. The number of carbonyl (C=O) groups is 1. The summed E-state index contributed by atoms with van der Waals surface area (Å²) in [6, 6.07) is 8.82. The van der Waals surface area contributed by atoms with E-state index < -0.39 is 0 Å². The standard InChI is InChI=1S/C22H31NO/c1-14-9-18-10-15(2)12-22(11-14,13-18)21(24)23-17(4)16(3)19-7-5-6-8-20(19)23/h5-8,14-18H,9-13H2,1-4H3/t14-,15+,16?,17?,18-,22?. The number of fused-ring (bicyclic) bond motifs is 3. The van der Waals surface area contributed by atoms with Crippen LogP contribution in [-0.4, -0.2) is 11.9 Å². The summed E-state index contributed by atoms with van der Waals surface area (Å²) in [6.45, 7) is 9.21. The highest BCUT2D eigenvalue weighted by Gasteiger charge is 2.52. The van der Waals surface area contributed by atoms with Crippen molar-refractivity contribution < 1.29 is 4.79 Å². The Hall–Kier alpha value is -1.31. The van der Waals surface area contributed by atoms with Crippen molar-refractivity contribution in [2.75, 3.05) is 4.90 Å². The van der Waals surface area contributed by atoms with Crippen LogP contribution >= 0.6 is 0 Å².